The molecule has 1 aliphatic rings. The first kappa shape index (κ1) is 17.0. The number of carbonyl (C=O) groups is 2. The fourth-order valence-electron chi connectivity index (χ4n) is 2.85. The van der Waals surface area contributed by atoms with Gasteiger partial charge in [0.1, 0.15) is 12.3 Å². The monoisotopic (exact) mass is 338 g/mol. The molecule has 3 rings (SSSR count). The highest BCUT2D eigenvalue weighted by Gasteiger charge is 2.27. The number of amides is 2. The number of hydrogen-bond acceptors (Lipinski definition) is 3. The van der Waals surface area contributed by atoms with Gasteiger partial charge in [-0.05, 0) is 43.0 Å². The van der Waals surface area contributed by atoms with Crippen molar-refractivity contribution in [3.05, 3.63) is 59.7 Å². The first-order chi connectivity index (χ1) is 12.1. The van der Waals surface area contributed by atoms with E-state index in [4.69, 9.17) is 4.74 Å². The van der Waals surface area contributed by atoms with Gasteiger partial charge in [0.05, 0.1) is 5.69 Å². The molecule has 2 aromatic rings. The van der Waals surface area contributed by atoms with Crippen LogP contribution < -0.4 is 15.0 Å². The summed E-state index contributed by atoms with van der Waals surface area (Å²) in [6, 6.07) is 15.8. The molecule has 0 radical (unpaired) electrons. The standard InChI is InChI=1S/C20H22N2O3/c1-15-9-10-17-18(12-15)25-14-20(24)22(17)13-19(23)21-11-5-8-16-6-3-2-4-7-16/h2-4,6-7,9-10,12H,5,8,11,13-14H2,1H3,(H,21,23). The van der Waals surface area contributed by atoms with Crippen LogP contribution in [0.3, 0.4) is 0 Å². The Hall–Kier alpha value is -2.82. The molecule has 0 aliphatic carbocycles. The number of carbonyl (C=O) groups excluding carboxylic acids is 2. The van der Waals surface area contributed by atoms with Gasteiger partial charge in [0, 0.05) is 6.54 Å². The Balaban J connectivity index is 1.52. The fourth-order valence-corrected chi connectivity index (χ4v) is 2.85. The van der Waals surface area contributed by atoms with Gasteiger partial charge >= 0.3 is 0 Å². The van der Waals surface area contributed by atoms with Crippen molar-refractivity contribution in [3.8, 4) is 5.75 Å². The van der Waals surface area contributed by atoms with Crippen LogP contribution in [0.25, 0.3) is 0 Å². The molecule has 130 valence electrons. The van der Waals surface area contributed by atoms with Crippen molar-refractivity contribution in [1.29, 1.82) is 0 Å². The fraction of sp³-hybridized carbons (Fsp3) is 0.300. The molecule has 0 aromatic heterocycles. The second kappa shape index (κ2) is 7.83. The Morgan fingerprint density at radius 3 is 2.80 bits per heavy atom. The summed E-state index contributed by atoms with van der Waals surface area (Å²) in [7, 11) is 0. The van der Waals surface area contributed by atoms with E-state index in [9.17, 15) is 9.59 Å². The largest absolute Gasteiger partial charge is 0.482 e. The minimum absolute atomic E-state index is 0.0175. The molecule has 2 amide bonds. The Kier molecular flexibility index (Phi) is 5.33. The third-order valence-electron chi connectivity index (χ3n) is 4.17. The van der Waals surface area contributed by atoms with Crippen molar-refractivity contribution in [1.82, 2.24) is 5.32 Å². The maximum Gasteiger partial charge on any atom is 0.265 e. The Morgan fingerprint density at radius 1 is 1.20 bits per heavy atom. The number of anilines is 1. The number of fused-ring (bicyclic) bond motifs is 1. The second-order valence-corrected chi connectivity index (χ2v) is 6.18. The molecule has 1 N–H and O–H groups in total. The maximum atomic E-state index is 12.2. The van der Waals surface area contributed by atoms with E-state index in [2.05, 4.69) is 17.4 Å². The lowest BCUT2D eigenvalue weighted by molar-refractivity contribution is -0.125. The van der Waals surface area contributed by atoms with E-state index in [1.807, 2.05) is 43.3 Å². The van der Waals surface area contributed by atoms with Gasteiger partial charge in [0.25, 0.3) is 5.91 Å². The van der Waals surface area contributed by atoms with Crippen LogP contribution in [0.4, 0.5) is 5.69 Å². The van der Waals surface area contributed by atoms with Crippen LogP contribution in [0, 0.1) is 6.92 Å². The van der Waals surface area contributed by atoms with Gasteiger partial charge in [0.2, 0.25) is 5.91 Å². The highest BCUT2D eigenvalue weighted by atomic mass is 16.5. The molecule has 1 heterocycles. The van der Waals surface area contributed by atoms with E-state index in [1.165, 1.54) is 10.5 Å². The average molecular weight is 338 g/mol. The molecule has 0 atom stereocenters. The zero-order chi connectivity index (χ0) is 17.6. The summed E-state index contributed by atoms with van der Waals surface area (Å²) >= 11 is 0. The van der Waals surface area contributed by atoms with Crippen molar-refractivity contribution < 1.29 is 14.3 Å². The van der Waals surface area contributed by atoms with E-state index in [-0.39, 0.29) is 25.0 Å². The Labute approximate surface area is 147 Å². The number of rotatable bonds is 6. The number of hydrogen-bond donors (Lipinski definition) is 1. The van der Waals surface area contributed by atoms with Crippen LogP contribution in [0.5, 0.6) is 5.75 Å². The molecule has 0 unspecified atom stereocenters. The number of aryl methyl sites for hydroxylation is 2. The summed E-state index contributed by atoms with van der Waals surface area (Å²) in [5.74, 6) is 0.294. The second-order valence-electron chi connectivity index (χ2n) is 6.18. The number of nitrogens with zero attached hydrogens (tertiary/aromatic N) is 1. The molecular formula is C20H22N2O3. The zero-order valence-electron chi connectivity index (χ0n) is 14.3. The maximum absolute atomic E-state index is 12.2. The minimum atomic E-state index is -0.198. The first-order valence-electron chi connectivity index (χ1n) is 8.48. The molecule has 0 saturated carbocycles. The summed E-state index contributed by atoms with van der Waals surface area (Å²) in [6.45, 7) is 2.54. The predicted octanol–water partition coefficient (Wildman–Crippen LogP) is 2.47. The molecule has 0 spiro atoms. The summed E-state index contributed by atoms with van der Waals surface area (Å²) < 4.78 is 5.45. The van der Waals surface area contributed by atoms with Crippen molar-refractivity contribution in [2.45, 2.75) is 19.8 Å². The van der Waals surface area contributed by atoms with E-state index in [0.717, 1.165) is 18.4 Å². The summed E-state index contributed by atoms with van der Waals surface area (Å²) in [4.78, 5) is 25.8. The van der Waals surface area contributed by atoms with Crippen molar-refractivity contribution in [2.24, 2.45) is 0 Å². The van der Waals surface area contributed by atoms with Crippen LogP contribution in [-0.4, -0.2) is 31.5 Å². The van der Waals surface area contributed by atoms with Crippen LogP contribution in [-0.2, 0) is 16.0 Å². The number of benzene rings is 2. The van der Waals surface area contributed by atoms with Gasteiger partial charge in [0.15, 0.2) is 6.61 Å². The van der Waals surface area contributed by atoms with Gasteiger partial charge in [-0.15, -0.1) is 0 Å². The Bertz CT molecular complexity index is 759. The molecular weight excluding hydrogens is 316 g/mol. The lowest BCUT2D eigenvalue weighted by Gasteiger charge is -2.29. The quantitative estimate of drug-likeness (QED) is 0.823. The van der Waals surface area contributed by atoms with Gasteiger partial charge < -0.3 is 10.1 Å². The average Bonchev–Trinajstić information content (AvgIpc) is 2.62. The van der Waals surface area contributed by atoms with Crippen LogP contribution in [0.2, 0.25) is 0 Å². The van der Waals surface area contributed by atoms with Gasteiger partial charge in [-0.1, -0.05) is 36.4 Å². The first-order valence-corrected chi connectivity index (χ1v) is 8.48. The Morgan fingerprint density at radius 2 is 2.00 bits per heavy atom. The summed E-state index contributed by atoms with van der Waals surface area (Å²) in [5.41, 5.74) is 2.96. The minimum Gasteiger partial charge on any atom is -0.482 e. The highest BCUT2D eigenvalue weighted by Crippen LogP contribution is 2.32. The van der Waals surface area contributed by atoms with Gasteiger partial charge in [-0.2, -0.15) is 0 Å². The van der Waals surface area contributed by atoms with Gasteiger partial charge in [-0.3, -0.25) is 14.5 Å². The van der Waals surface area contributed by atoms with E-state index in [0.29, 0.717) is 18.0 Å². The van der Waals surface area contributed by atoms with Crippen molar-refractivity contribution in [2.75, 3.05) is 24.6 Å². The molecule has 25 heavy (non-hydrogen) atoms. The van der Waals surface area contributed by atoms with Crippen molar-refractivity contribution in [3.63, 3.8) is 0 Å². The number of nitrogens with one attached hydrogen (secondary N) is 1. The van der Waals surface area contributed by atoms with Crippen LogP contribution in [0.1, 0.15) is 17.5 Å². The highest BCUT2D eigenvalue weighted by molar-refractivity contribution is 6.02. The van der Waals surface area contributed by atoms with Gasteiger partial charge in [-0.25, -0.2) is 0 Å². The van der Waals surface area contributed by atoms with Crippen LogP contribution in [0.15, 0.2) is 48.5 Å². The third-order valence-corrected chi connectivity index (χ3v) is 4.17. The number of ether oxygens (including phenoxy) is 1. The van der Waals surface area contributed by atoms with Crippen molar-refractivity contribution >= 4 is 17.5 Å². The zero-order valence-corrected chi connectivity index (χ0v) is 14.3. The molecule has 5 heteroatoms. The lowest BCUT2D eigenvalue weighted by Crippen LogP contribution is -2.45. The summed E-state index contributed by atoms with van der Waals surface area (Å²) in [5, 5.41) is 2.89. The topological polar surface area (TPSA) is 58.6 Å². The molecule has 1 aliphatic heterocycles. The molecule has 2 aromatic carbocycles. The van der Waals surface area contributed by atoms with E-state index < -0.39 is 0 Å². The third kappa shape index (κ3) is 4.38. The smallest absolute Gasteiger partial charge is 0.265 e. The van der Waals surface area contributed by atoms with E-state index >= 15 is 0 Å². The molecule has 0 fully saturated rings. The lowest BCUT2D eigenvalue weighted by atomic mass is 10.1. The molecule has 5 nitrogen and oxygen atoms in total. The summed E-state index contributed by atoms with van der Waals surface area (Å²) in [6.07, 6.45) is 1.78. The normalized spacial score (nSPS) is 13.2. The molecule has 0 bridgehead atoms. The van der Waals surface area contributed by atoms with E-state index in [1.54, 1.807) is 0 Å². The SMILES string of the molecule is Cc1ccc2c(c1)OCC(=O)N2CC(=O)NCCCc1ccccc1. The van der Waals surface area contributed by atoms with Crippen LogP contribution >= 0.6 is 0 Å². The molecule has 0 saturated heterocycles. The predicted molar refractivity (Wildman–Crippen MR) is 96.8 cm³/mol.